The van der Waals surface area contributed by atoms with Gasteiger partial charge < -0.3 is 20.9 Å². The van der Waals surface area contributed by atoms with Gasteiger partial charge in [0.05, 0.1) is 23.1 Å². The second-order valence-electron chi connectivity index (χ2n) is 10.2. The van der Waals surface area contributed by atoms with Gasteiger partial charge in [0, 0.05) is 46.0 Å². The van der Waals surface area contributed by atoms with Crippen molar-refractivity contribution in [3.8, 4) is 11.3 Å². The molecule has 3 atom stereocenters. The number of fused-ring (bicyclic) bond motifs is 1. The topological polar surface area (TPSA) is 98.0 Å². The van der Waals surface area contributed by atoms with Crippen LogP contribution >= 0.6 is 11.6 Å². The molecule has 4 N–H and O–H groups in total. The second-order valence-corrected chi connectivity index (χ2v) is 10.6. The molecule has 8 nitrogen and oxygen atoms in total. The number of H-pyrrole nitrogens is 1. The Morgan fingerprint density at radius 3 is 2.66 bits per heavy atom. The molecule has 2 heterocycles. The number of para-hydroxylation sites is 1. The number of rotatable bonds is 8. The highest BCUT2D eigenvalue weighted by atomic mass is 35.5. The van der Waals surface area contributed by atoms with Crippen molar-refractivity contribution >= 4 is 45.7 Å². The Morgan fingerprint density at radius 2 is 1.87 bits per heavy atom. The molecular formula is C29H34ClN7O. The van der Waals surface area contributed by atoms with Gasteiger partial charge in [-0.2, -0.15) is 0 Å². The van der Waals surface area contributed by atoms with Crippen LogP contribution in [-0.2, 0) is 4.79 Å². The van der Waals surface area contributed by atoms with Gasteiger partial charge in [0.25, 0.3) is 0 Å². The van der Waals surface area contributed by atoms with Crippen LogP contribution in [-0.4, -0.2) is 52.1 Å². The van der Waals surface area contributed by atoms with E-state index in [4.69, 9.17) is 16.6 Å². The number of amides is 1. The highest BCUT2D eigenvalue weighted by Gasteiger charge is 2.28. The standard InChI is InChI=1S/C29H34ClN7O/c1-18(37(2)3)33-20-11-13-21(14-12-20)34-28(38)19-7-6-8-22(15-19)35-29-32-17-25(30)27(36-29)24-16-31-26-10-5-4-9-23(24)26/h4-5,9-14,16-19,22,31,33H,6-8,15H2,1-3H3,(H,34,38)(H,32,35,36)/t18?,19-,22+/m0/s1. The zero-order valence-electron chi connectivity index (χ0n) is 22.0. The van der Waals surface area contributed by atoms with Crippen molar-refractivity contribution in [3.05, 3.63) is 65.9 Å². The zero-order valence-corrected chi connectivity index (χ0v) is 22.7. The summed E-state index contributed by atoms with van der Waals surface area (Å²) < 4.78 is 0. The molecule has 5 rings (SSSR count). The number of carbonyl (C=O) groups excluding carboxylic acids is 1. The molecule has 2 aromatic heterocycles. The lowest BCUT2D eigenvalue weighted by Crippen LogP contribution is -2.34. The third-order valence-corrected chi connectivity index (χ3v) is 7.55. The summed E-state index contributed by atoms with van der Waals surface area (Å²) in [5, 5.41) is 11.5. The van der Waals surface area contributed by atoms with E-state index in [9.17, 15) is 4.79 Å². The summed E-state index contributed by atoms with van der Waals surface area (Å²) >= 11 is 6.50. The number of nitrogens with zero attached hydrogens (tertiary/aromatic N) is 3. The number of carbonyl (C=O) groups is 1. The second kappa shape index (κ2) is 11.4. The lowest BCUT2D eigenvalue weighted by Gasteiger charge is -2.29. The molecule has 1 aliphatic carbocycles. The fourth-order valence-electron chi connectivity index (χ4n) is 4.90. The number of hydrogen-bond donors (Lipinski definition) is 4. The summed E-state index contributed by atoms with van der Waals surface area (Å²) in [6, 6.07) is 16.0. The first-order chi connectivity index (χ1) is 18.4. The summed E-state index contributed by atoms with van der Waals surface area (Å²) in [5.41, 5.74) is 4.47. The Labute approximate surface area is 228 Å². The number of aromatic amines is 1. The Kier molecular flexibility index (Phi) is 7.81. The first-order valence-electron chi connectivity index (χ1n) is 13.1. The summed E-state index contributed by atoms with van der Waals surface area (Å²) in [7, 11) is 4.06. The minimum Gasteiger partial charge on any atom is -0.370 e. The van der Waals surface area contributed by atoms with Crippen LogP contribution < -0.4 is 16.0 Å². The molecular weight excluding hydrogens is 498 g/mol. The number of aromatic nitrogens is 3. The van der Waals surface area contributed by atoms with Crippen LogP contribution in [0.3, 0.4) is 0 Å². The van der Waals surface area contributed by atoms with Crippen molar-refractivity contribution < 1.29 is 4.79 Å². The van der Waals surface area contributed by atoms with E-state index in [0.717, 1.165) is 53.5 Å². The van der Waals surface area contributed by atoms with Gasteiger partial charge in [-0.25, -0.2) is 9.97 Å². The Hall–Kier alpha value is -3.62. The third kappa shape index (κ3) is 5.92. The van der Waals surface area contributed by atoms with Gasteiger partial charge in [0.2, 0.25) is 11.9 Å². The van der Waals surface area contributed by atoms with E-state index in [1.165, 1.54) is 0 Å². The number of hydrogen-bond acceptors (Lipinski definition) is 6. The molecule has 1 aliphatic rings. The number of nitrogens with one attached hydrogen (secondary N) is 4. The van der Waals surface area contributed by atoms with E-state index in [2.05, 4.69) is 37.7 Å². The van der Waals surface area contributed by atoms with Gasteiger partial charge >= 0.3 is 0 Å². The molecule has 1 unspecified atom stereocenters. The maximum atomic E-state index is 13.1. The molecule has 4 aromatic rings. The number of benzene rings is 2. The maximum Gasteiger partial charge on any atom is 0.227 e. The Morgan fingerprint density at radius 1 is 1.11 bits per heavy atom. The first kappa shape index (κ1) is 26.0. The van der Waals surface area contributed by atoms with E-state index in [0.29, 0.717) is 16.7 Å². The van der Waals surface area contributed by atoms with Crippen LogP contribution in [0.2, 0.25) is 5.02 Å². The molecule has 0 spiro atoms. The van der Waals surface area contributed by atoms with Gasteiger partial charge in [-0.05, 0) is 70.6 Å². The molecule has 9 heteroatoms. The molecule has 1 saturated carbocycles. The van der Waals surface area contributed by atoms with Crippen molar-refractivity contribution in [2.24, 2.45) is 5.92 Å². The number of anilines is 3. The molecule has 198 valence electrons. The molecule has 0 aliphatic heterocycles. The lowest BCUT2D eigenvalue weighted by atomic mass is 9.85. The van der Waals surface area contributed by atoms with E-state index >= 15 is 0 Å². The molecule has 0 bridgehead atoms. The number of halogens is 1. The fraction of sp³-hybridized carbons (Fsp3) is 0.345. The zero-order chi connectivity index (χ0) is 26.6. The van der Waals surface area contributed by atoms with Crippen molar-refractivity contribution in [1.29, 1.82) is 0 Å². The predicted molar refractivity (Wildman–Crippen MR) is 156 cm³/mol. The SMILES string of the molecule is CC(Nc1ccc(NC(=O)[C@H]2CCC[C@@H](Nc3ncc(Cl)c(-c4c[nH]c5ccccc45)n3)C2)cc1)N(C)C. The van der Waals surface area contributed by atoms with Gasteiger partial charge in [-0.3, -0.25) is 9.69 Å². The lowest BCUT2D eigenvalue weighted by molar-refractivity contribution is -0.120. The molecule has 2 aromatic carbocycles. The van der Waals surface area contributed by atoms with Crippen LogP contribution in [0.15, 0.2) is 60.9 Å². The average molecular weight is 532 g/mol. The predicted octanol–water partition coefficient (Wildman–Crippen LogP) is 6.21. The maximum absolute atomic E-state index is 13.1. The van der Waals surface area contributed by atoms with Gasteiger partial charge in [-0.15, -0.1) is 0 Å². The van der Waals surface area contributed by atoms with Crippen LogP contribution in [0, 0.1) is 5.92 Å². The normalized spacial score (nSPS) is 18.3. The van der Waals surface area contributed by atoms with Crippen LogP contribution in [0.1, 0.15) is 32.6 Å². The fourth-order valence-corrected chi connectivity index (χ4v) is 5.09. The van der Waals surface area contributed by atoms with Crippen molar-refractivity contribution in [1.82, 2.24) is 19.9 Å². The van der Waals surface area contributed by atoms with Crippen molar-refractivity contribution in [2.75, 3.05) is 30.0 Å². The van der Waals surface area contributed by atoms with Gasteiger partial charge in [-0.1, -0.05) is 36.2 Å². The quantitative estimate of drug-likeness (QED) is 0.202. The minimum atomic E-state index is -0.0757. The van der Waals surface area contributed by atoms with E-state index in [1.807, 2.05) is 68.8 Å². The smallest absolute Gasteiger partial charge is 0.227 e. The molecule has 1 amide bonds. The van der Waals surface area contributed by atoms with Crippen LogP contribution in [0.4, 0.5) is 17.3 Å². The molecule has 0 radical (unpaired) electrons. The van der Waals surface area contributed by atoms with Crippen LogP contribution in [0.25, 0.3) is 22.2 Å². The largest absolute Gasteiger partial charge is 0.370 e. The highest BCUT2D eigenvalue weighted by Crippen LogP contribution is 2.33. The summed E-state index contributed by atoms with van der Waals surface area (Å²) in [4.78, 5) is 27.6. The van der Waals surface area contributed by atoms with E-state index in [1.54, 1.807) is 6.20 Å². The van der Waals surface area contributed by atoms with Gasteiger partial charge in [0.1, 0.15) is 0 Å². The Balaban J connectivity index is 1.22. The Bertz CT molecular complexity index is 1400. The molecule has 1 fully saturated rings. The minimum absolute atomic E-state index is 0.0513. The van der Waals surface area contributed by atoms with Gasteiger partial charge in [0.15, 0.2) is 0 Å². The summed E-state index contributed by atoms with van der Waals surface area (Å²) in [6.45, 7) is 2.10. The van der Waals surface area contributed by atoms with Crippen LogP contribution in [0.5, 0.6) is 0 Å². The highest BCUT2D eigenvalue weighted by molar-refractivity contribution is 6.33. The molecule has 38 heavy (non-hydrogen) atoms. The summed E-state index contributed by atoms with van der Waals surface area (Å²) in [5.74, 6) is 0.499. The van der Waals surface area contributed by atoms with E-state index < -0.39 is 0 Å². The van der Waals surface area contributed by atoms with Crippen molar-refractivity contribution in [2.45, 2.75) is 44.8 Å². The van der Waals surface area contributed by atoms with Crippen molar-refractivity contribution in [3.63, 3.8) is 0 Å². The monoisotopic (exact) mass is 531 g/mol. The first-order valence-corrected chi connectivity index (χ1v) is 13.4. The third-order valence-electron chi connectivity index (χ3n) is 7.27. The average Bonchev–Trinajstić information content (AvgIpc) is 3.35. The molecule has 0 saturated heterocycles. The summed E-state index contributed by atoms with van der Waals surface area (Å²) in [6.07, 6.45) is 7.29. The van der Waals surface area contributed by atoms with E-state index in [-0.39, 0.29) is 24.0 Å².